The van der Waals surface area contributed by atoms with Crippen LogP contribution < -0.4 is 16.0 Å². The third kappa shape index (κ3) is 6.62. The number of ether oxygens (including phenoxy) is 1. The van der Waals surface area contributed by atoms with E-state index < -0.39 is 35.4 Å². The molecule has 0 aliphatic rings. The van der Waals surface area contributed by atoms with Gasteiger partial charge in [0.1, 0.15) is 24.0 Å². The summed E-state index contributed by atoms with van der Waals surface area (Å²) in [6.07, 6.45) is 3.79. The molecular formula is C20H21F4N7O2. The average Bonchev–Trinajstić information content (AvgIpc) is 3.15. The first-order valence-corrected chi connectivity index (χ1v) is 9.72. The van der Waals surface area contributed by atoms with Gasteiger partial charge in [0.25, 0.3) is 0 Å². The second-order valence-electron chi connectivity index (χ2n) is 7.07. The first kappa shape index (κ1) is 23.9. The number of benzene rings is 1. The summed E-state index contributed by atoms with van der Waals surface area (Å²) in [5, 5.41) is 12.1. The Morgan fingerprint density at radius 2 is 1.88 bits per heavy atom. The van der Waals surface area contributed by atoms with Crippen LogP contribution in [0.2, 0.25) is 0 Å². The highest BCUT2D eigenvalue weighted by molar-refractivity contribution is 5.76. The largest absolute Gasteiger partial charge is 0.383 e. The zero-order valence-electron chi connectivity index (χ0n) is 17.7. The SMILES string of the molecule is COC[C@H](C)NC(=O)Cn1cc(Nc2ncc(F)c(NCc3c(F)cc(F)cc3F)n2)cn1. The molecule has 0 bridgehead atoms. The van der Waals surface area contributed by atoms with Crippen molar-refractivity contribution in [3.8, 4) is 0 Å². The van der Waals surface area contributed by atoms with E-state index in [1.54, 1.807) is 6.92 Å². The minimum atomic E-state index is -1.11. The third-order valence-corrected chi connectivity index (χ3v) is 4.30. The fourth-order valence-corrected chi connectivity index (χ4v) is 2.87. The van der Waals surface area contributed by atoms with Crippen LogP contribution in [0.5, 0.6) is 0 Å². The second kappa shape index (κ2) is 10.7. The normalized spacial score (nSPS) is 11.8. The van der Waals surface area contributed by atoms with Gasteiger partial charge in [0.05, 0.1) is 24.7 Å². The molecule has 0 fully saturated rings. The van der Waals surface area contributed by atoms with Crippen LogP contribution in [-0.2, 0) is 22.6 Å². The first-order chi connectivity index (χ1) is 15.7. The number of amides is 1. The number of carbonyl (C=O) groups is 1. The molecule has 1 atom stereocenters. The molecule has 0 aliphatic heterocycles. The molecule has 0 spiro atoms. The van der Waals surface area contributed by atoms with Gasteiger partial charge in [-0.1, -0.05) is 0 Å². The van der Waals surface area contributed by atoms with Gasteiger partial charge in [-0.25, -0.2) is 22.5 Å². The summed E-state index contributed by atoms with van der Waals surface area (Å²) < 4.78 is 61.0. The van der Waals surface area contributed by atoms with Crippen LogP contribution in [0.25, 0.3) is 0 Å². The smallest absolute Gasteiger partial charge is 0.242 e. The highest BCUT2D eigenvalue weighted by Gasteiger charge is 2.14. The van der Waals surface area contributed by atoms with Gasteiger partial charge in [-0.05, 0) is 6.92 Å². The van der Waals surface area contributed by atoms with Crippen LogP contribution in [0.3, 0.4) is 0 Å². The maximum Gasteiger partial charge on any atom is 0.242 e. The van der Waals surface area contributed by atoms with Gasteiger partial charge in [-0.2, -0.15) is 10.1 Å². The van der Waals surface area contributed by atoms with Crippen molar-refractivity contribution in [2.24, 2.45) is 0 Å². The van der Waals surface area contributed by atoms with Crippen molar-refractivity contribution in [1.29, 1.82) is 0 Å². The predicted molar refractivity (Wildman–Crippen MR) is 111 cm³/mol. The number of aromatic nitrogens is 4. The van der Waals surface area contributed by atoms with Crippen LogP contribution in [0.4, 0.5) is 35.0 Å². The molecule has 0 saturated heterocycles. The van der Waals surface area contributed by atoms with E-state index in [0.717, 1.165) is 6.20 Å². The predicted octanol–water partition coefficient (Wildman–Crippen LogP) is 2.74. The highest BCUT2D eigenvalue weighted by Crippen LogP contribution is 2.19. The van der Waals surface area contributed by atoms with Crippen LogP contribution in [-0.4, -0.2) is 45.4 Å². The van der Waals surface area contributed by atoms with Crippen molar-refractivity contribution < 1.29 is 27.1 Å². The molecule has 0 unspecified atom stereocenters. The summed E-state index contributed by atoms with van der Waals surface area (Å²) in [5.41, 5.74) is -0.0517. The molecule has 3 aromatic rings. The molecule has 0 radical (unpaired) electrons. The van der Waals surface area contributed by atoms with E-state index in [-0.39, 0.29) is 30.3 Å². The van der Waals surface area contributed by atoms with E-state index >= 15 is 0 Å². The van der Waals surface area contributed by atoms with Gasteiger partial charge >= 0.3 is 0 Å². The number of hydrogen-bond donors (Lipinski definition) is 3. The number of nitrogens with one attached hydrogen (secondary N) is 3. The van der Waals surface area contributed by atoms with Gasteiger partial charge in [0, 0.05) is 43.6 Å². The molecule has 1 amide bonds. The summed E-state index contributed by atoms with van der Waals surface area (Å²) in [7, 11) is 1.53. The average molecular weight is 467 g/mol. The molecule has 2 aromatic heterocycles. The Kier molecular flexibility index (Phi) is 7.77. The van der Waals surface area contributed by atoms with Crippen molar-refractivity contribution in [1.82, 2.24) is 25.1 Å². The fraction of sp³-hybridized carbons (Fsp3) is 0.300. The van der Waals surface area contributed by atoms with Crippen LogP contribution in [0, 0.1) is 23.3 Å². The molecule has 9 nitrogen and oxygen atoms in total. The number of rotatable bonds is 10. The zero-order chi connectivity index (χ0) is 24.0. The molecule has 33 heavy (non-hydrogen) atoms. The van der Waals surface area contributed by atoms with Crippen molar-refractivity contribution in [3.05, 3.63) is 59.6 Å². The third-order valence-electron chi connectivity index (χ3n) is 4.30. The van der Waals surface area contributed by atoms with Gasteiger partial charge in [0.15, 0.2) is 11.6 Å². The summed E-state index contributed by atoms with van der Waals surface area (Å²) in [4.78, 5) is 19.7. The molecule has 2 heterocycles. The maximum absolute atomic E-state index is 14.1. The van der Waals surface area contributed by atoms with E-state index in [4.69, 9.17) is 4.74 Å². The van der Waals surface area contributed by atoms with Crippen LogP contribution >= 0.6 is 0 Å². The Hall–Kier alpha value is -3.74. The minimum absolute atomic E-state index is 0.0309. The Balaban J connectivity index is 1.63. The lowest BCUT2D eigenvalue weighted by Crippen LogP contribution is -2.37. The minimum Gasteiger partial charge on any atom is -0.383 e. The number of hydrogen-bond acceptors (Lipinski definition) is 7. The van der Waals surface area contributed by atoms with Gasteiger partial charge in [0.2, 0.25) is 11.9 Å². The van der Waals surface area contributed by atoms with Crippen molar-refractivity contribution in [2.45, 2.75) is 26.1 Å². The molecule has 13 heteroatoms. The Bertz CT molecular complexity index is 1100. The summed E-state index contributed by atoms with van der Waals surface area (Å²) >= 11 is 0. The summed E-state index contributed by atoms with van der Waals surface area (Å²) in [6.45, 7) is 1.66. The quantitative estimate of drug-likeness (QED) is 0.394. The molecule has 0 saturated carbocycles. The van der Waals surface area contributed by atoms with Crippen LogP contribution in [0.1, 0.15) is 12.5 Å². The Morgan fingerprint density at radius 1 is 1.15 bits per heavy atom. The lowest BCUT2D eigenvalue weighted by Gasteiger charge is -2.12. The summed E-state index contributed by atoms with van der Waals surface area (Å²) in [5.74, 6) is -4.76. The topological polar surface area (TPSA) is 106 Å². The van der Waals surface area contributed by atoms with Gasteiger partial charge in [-0.15, -0.1) is 0 Å². The zero-order valence-corrected chi connectivity index (χ0v) is 17.7. The maximum atomic E-state index is 14.1. The number of carbonyl (C=O) groups excluding carboxylic acids is 1. The van der Waals surface area contributed by atoms with E-state index in [2.05, 4.69) is 31.0 Å². The standard InChI is InChI=1S/C20H21F4N7O2/c1-11(10-33-2)28-18(32)9-31-8-13(5-27-31)29-20-26-7-17(24)19(30-20)25-6-14-15(22)3-12(21)4-16(14)23/h3-5,7-8,11H,6,9-10H2,1-2H3,(H,28,32)(H2,25,26,29,30)/t11-/m0/s1. The van der Waals surface area contributed by atoms with Crippen molar-refractivity contribution in [2.75, 3.05) is 24.4 Å². The first-order valence-electron chi connectivity index (χ1n) is 9.72. The number of nitrogens with zero attached hydrogens (tertiary/aromatic N) is 4. The van der Waals surface area contributed by atoms with E-state index in [1.807, 2.05) is 0 Å². The van der Waals surface area contributed by atoms with Crippen molar-refractivity contribution in [3.63, 3.8) is 0 Å². The second-order valence-corrected chi connectivity index (χ2v) is 7.07. The lowest BCUT2D eigenvalue weighted by molar-refractivity contribution is -0.122. The molecule has 1 aromatic carbocycles. The molecule has 0 aliphatic carbocycles. The van der Waals surface area contributed by atoms with E-state index in [9.17, 15) is 22.4 Å². The fourth-order valence-electron chi connectivity index (χ4n) is 2.87. The lowest BCUT2D eigenvalue weighted by atomic mass is 10.2. The Labute approximate surface area is 186 Å². The summed E-state index contributed by atoms with van der Waals surface area (Å²) in [6, 6.07) is 0.894. The van der Waals surface area contributed by atoms with Crippen molar-refractivity contribution >= 4 is 23.4 Å². The van der Waals surface area contributed by atoms with E-state index in [1.165, 1.54) is 24.2 Å². The monoisotopic (exact) mass is 467 g/mol. The number of halogens is 4. The molecule has 3 N–H and O–H groups in total. The van der Waals surface area contributed by atoms with Gasteiger partial charge < -0.3 is 20.7 Å². The van der Waals surface area contributed by atoms with Crippen LogP contribution in [0.15, 0.2) is 30.7 Å². The molecule has 176 valence electrons. The van der Waals surface area contributed by atoms with Gasteiger partial charge in [-0.3, -0.25) is 9.48 Å². The molecular weight excluding hydrogens is 446 g/mol. The number of anilines is 3. The number of methoxy groups -OCH3 is 1. The van der Waals surface area contributed by atoms with E-state index in [0.29, 0.717) is 24.4 Å². The highest BCUT2D eigenvalue weighted by atomic mass is 19.1. The Morgan fingerprint density at radius 3 is 2.58 bits per heavy atom. The molecule has 3 rings (SSSR count).